The molecule has 25 heavy (non-hydrogen) atoms. The van der Waals surface area contributed by atoms with Crippen LogP contribution in [-0.4, -0.2) is 42.5 Å². The van der Waals surface area contributed by atoms with Crippen molar-refractivity contribution >= 4 is 0 Å². The number of hydrogen-bond donors (Lipinski definition) is 0. The predicted octanol–water partition coefficient (Wildman–Crippen LogP) is 3.59. The number of nitriles is 1. The van der Waals surface area contributed by atoms with E-state index in [0.717, 1.165) is 43.9 Å². The minimum atomic E-state index is -0.261. The summed E-state index contributed by atoms with van der Waals surface area (Å²) in [7, 11) is 0. The Labute approximate surface area is 147 Å². The Morgan fingerprint density at radius 1 is 0.840 bits per heavy atom. The van der Waals surface area contributed by atoms with E-state index >= 15 is 0 Å². The van der Waals surface area contributed by atoms with E-state index in [9.17, 15) is 8.78 Å². The van der Waals surface area contributed by atoms with Crippen molar-refractivity contribution < 1.29 is 8.78 Å². The second-order valence-electron chi connectivity index (χ2n) is 6.29. The van der Waals surface area contributed by atoms with E-state index in [4.69, 9.17) is 5.26 Å². The van der Waals surface area contributed by atoms with Gasteiger partial charge in [0.25, 0.3) is 0 Å². The maximum atomic E-state index is 13.3. The zero-order valence-corrected chi connectivity index (χ0v) is 14.0. The van der Waals surface area contributed by atoms with Crippen LogP contribution >= 0.6 is 0 Å². The van der Waals surface area contributed by atoms with E-state index in [1.807, 2.05) is 0 Å². The summed E-state index contributed by atoms with van der Waals surface area (Å²) in [6.45, 7) is 4.28. The summed E-state index contributed by atoms with van der Waals surface area (Å²) >= 11 is 0. The van der Waals surface area contributed by atoms with Crippen LogP contribution in [0.3, 0.4) is 0 Å². The topological polar surface area (TPSA) is 30.3 Å². The van der Waals surface area contributed by atoms with Crippen LogP contribution in [0.2, 0.25) is 0 Å². The van der Waals surface area contributed by atoms with Crippen molar-refractivity contribution in [3.05, 3.63) is 71.3 Å². The Balaban J connectivity index is 1.81. The number of rotatable bonds is 5. The SMILES string of the molecule is N#CCCN1CCN(C(c2ccc(F)cc2)c2ccc(F)cc2)CC1. The van der Waals surface area contributed by atoms with Crippen LogP contribution in [0.1, 0.15) is 23.6 Å². The molecule has 3 nitrogen and oxygen atoms in total. The molecule has 1 fully saturated rings. The third-order valence-corrected chi connectivity index (χ3v) is 4.68. The monoisotopic (exact) mass is 341 g/mol. The lowest BCUT2D eigenvalue weighted by molar-refractivity contribution is 0.111. The highest BCUT2D eigenvalue weighted by Crippen LogP contribution is 2.30. The van der Waals surface area contributed by atoms with Crippen molar-refractivity contribution in [2.24, 2.45) is 0 Å². The summed E-state index contributed by atoms with van der Waals surface area (Å²) in [6.07, 6.45) is 0.541. The van der Waals surface area contributed by atoms with Crippen molar-refractivity contribution in [1.82, 2.24) is 9.80 Å². The maximum Gasteiger partial charge on any atom is 0.123 e. The highest BCUT2D eigenvalue weighted by molar-refractivity contribution is 5.32. The van der Waals surface area contributed by atoms with E-state index < -0.39 is 0 Å². The van der Waals surface area contributed by atoms with Gasteiger partial charge in [-0.05, 0) is 35.4 Å². The summed E-state index contributed by atoms with van der Waals surface area (Å²) in [5, 5.41) is 8.73. The van der Waals surface area contributed by atoms with E-state index in [2.05, 4.69) is 15.9 Å². The van der Waals surface area contributed by atoms with Gasteiger partial charge in [0, 0.05) is 39.1 Å². The molecule has 1 saturated heterocycles. The fourth-order valence-corrected chi connectivity index (χ4v) is 3.36. The summed E-state index contributed by atoms with van der Waals surface area (Å²) in [5.74, 6) is -0.522. The number of nitrogens with zero attached hydrogens (tertiary/aromatic N) is 3. The first-order valence-corrected chi connectivity index (χ1v) is 8.51. The van der Waals surface area contributed by atoms with Gasteiger partial charge in [0.05, 0.1) is 12.1 Å². The van der Waals surface area contributed by atoms with Gasteiger partial charge >= 0.3 is 0 Å². The molecule has 0 N–H and O–H groups in total. The van der Waals surface area contributed by atoms with Gasteiger partial charge in [0.1, 0.15) is 11.6 Å². The van der Waals surface area contributed by atoms with Crippen LogP contribution in [0.15, 0.2) is 48.5 Å². The number of hydrogen-bond acceptors (Lipinski definition) is 3. The Morgan fingerprint density at radius 2 is 1.32 bits per heavy atom. The van der Waals surface area contributed by atoms with Crippen LogP contribution < -0.4 is 0 Å². The molecule has 0 aromatic heterocycles. The van der Waals surface area contributed by atoms with Gasteiger partial charge in [-0.15, -0.1) is 0 Å². The zero-order valence-electron chi connectivity index (χ0n) is 14.0. The minimum absolute atomic E-state index is 0.0284. The quantitative estimate of drug-likeness (QED) is 0.833. The molecular weight excluding hydrogens is 320 g/mol. The van der Waals surface area contributed by atoms with Gasteiger partial charge < -0.3 is 0 Å². The molecule has 1 heterocycles. The number of halogens is 2. The number of benzene rings is 2. The fraction of sp³-hybridized carbons (Fsp3) is 0.350. The first kappa shape index (κ1) is 17.5. The Kier molecular flexibility index (Phi) is 5.75. The summed E-state index contributed by atoms with van der Waals surface area (Å²) in [5.41, 5.74) is 2.00. The zero-order chi connectivity index (χ0) is 17.6. The maximum absolute atomic E-state index is 13.3. The van der Waals surface area contributed by atoms with Gasteiger partial charge in [-0.1, -0.05) is 24.3 Å². The average Bonchev–Trinajstić information content (AvgIpc) is 2.64. The highest BCUT2D eigenvalue weighted by atomic mass is 19.1. The Hall–Kier alpha value is -2.29. The van der Waals surface area contributed by atoms with Gasteiger partial charge in [-0.2, -0.15) is 5.26 Å². The van der Waals surface area contributed by atoms with Crippen molar-refractivity contribution in [3.63, 3.8) is 0 Å². The lowest BCUT2D eigenvalue weighted by Crippen LogP contribution is -2.48. The standard InChI is InChI=1S/C20H21F2N3/c21-18-6-2-16(3-7-18)20(17-4-8-19(22)9-5-17)25-14-12-24(13-15-25)11-1-10-23/h2-9,20H,1,11-15H2. The summed E-state index contributed by atoms with van der Waals surface area (Å²) in [4.78, 5) is 4.62. The largest absolute Gasteiger partial charge is 0.300 e. The molecule has 5 heteroatoms. The molecular formula is C20H21F2N3. The molecule has 0 atom stereocenters. The second kappa shape index (κ2) is 8.19. The van der Waals surface area contributed by atoms with Gasteiger partial charge in [0.15, 0.2) is 0 Å². The lowest BCUT2D eigenvalue weighted by Gasteiger charge is -2.39. The summed E-state index contributed by atoms with van der Waals surface area (Å²) < 4.78 is 26.6. The van der Waals surface area contributed by atoms with Gasteiger partial charge in [-0.3, -0.25) is 9.80 Å². The molecule has 0 bridgehead atoms. The molecule has 2 aromatic carbocycles. The van der Waals surface area contributed by atoms with E-state index in [-0.39, 0.29) is 17.7 Å². The van der Waals surface area contributed by atoms with Crippen LogP contribution in [0.4, 0.5) is 8.78 Å². The van der Waals surface area contributed by atoms with Crippen molar-refractivity contribution in [2.45, 2.75) is 12.5 Å². The molecule has 0 radical (unpaired) electrons. The smallest absolute Gasteiger partial charge is 0.123 e. The molecule has 2 aromatic rings. The Bertz CT molecular complexity index is 669. The van der Waals surface area contributed by atoms with Crippen LogP contribution in [0.25, 0.3) is 0 Å². The number of piperazine rings is 1. The van der Waals surface area contributed by atoms with Crippen molar-refractivity contribution in [1.29, 1.82) is 5.26 Å². The third-order valence-electron chi connectivity index (χ3n) is 4.68. The molecule has 130 valence electrons. The van der Waals surface area contributed by atoms with Crippen molar-refractivity contribution in [2.75, 3.05) is 32.7 Å². The summed E-state index contributed by atoms with van der Waals surface area (Å²) in [6, 6.07) is 15.2. The molecule has 1 aliphatic rings. The normalized spacial score (nSPS) is 16.1. The Morgan fingerprint density at radius 3 is 1.76 bits per heavy atom. The predicted molar refractivity (Wildman–Crippen MR) is 92.9 cm³/mol. The first-order chi connectivity index (χ1) is 12.2. The van der Waals surface area contributed by atoms with E-state index in [0.29, 0.717) is 6.42 Å². The highest BCUT2D eigenvalue weighted by Gasteiger charge is 2.26. The molecule has 1 aliphatic heterocycles. The molecule has 0 unspecified atom stereocenters. The second-order valence-corrected chi connectivity index (χ2v) is 6.29. The first-order valence-electron chi connectivity index (χ1n) is 8.51. The molecule has 0 spiro atoms. The van der Waals surface area contributed by atoms with Gasteiger partial charge in [0.2, 0.25) is 0 Å². The van der Waals surface area contributed by atoms with Gasteiger partial charge in [-0.25, -0.2) is 8.78 Å². The minimum Gasteiger partial charge on any atom is -0.300 e. The average molecular weight is 341 g/mol. The molecule has 0 saturated carbocycles. The van der Waals surface area contributed by atoms with E-state index in [1.54, 1.807) is 24.3 Å². The van der Waals surface area contributed by atoms with Crippen LogP contribution in [0.5, 0.6) is 0 Å². The molecule has 3 rings (SSSR count). The molecule has 0 aliphatic carbocycles. The third kappa shape index (κ3) is 4.41. The lowest BCUT2D eigenvalue weighted by atomic mass is 9.96. The van der Waals surface area contributed by atoms with Crippen molar-refractivity contribution in [3.8, 4) is 6.07 Å². The fourth-order valence-electron chi connectivity index (χ4n) is 3.36. The van der Waals surface area contributed by atoms with Crippen LogP contribution in [-0.2, 0) is 0 Å². The molecule has 0 amide bonds. The van der Waals surface area contributed by atoms with Crippen LogP contribution in [0, 0.1) is 23.0 Å². The van der Waals surface area contributed by atoms with E-state index in [1.165, 1.54) is 24.3 Å².